The number of hydrogen-bond acceptors (Lipinski definition) is 11. The van der Waals surface area contributed by atoms with Crippen molar-refractivity contribution in [1.82, 2.24) is 9.91 Å². The fourth-order valence-electron chi connectivity index (χ4n) is 7.77. The lowest BCUT2D eigenvalue weighted by Gasteiger charge is -2.47. The van der Waals surface area contributed by atoms with Crippen LogP contribution in [0.2, 0.25) is 0 Å². The molecule has 4 aliphatic rings. The number of hydrazone groups is 1. The number of nitrogens with zero attached hydrogens (tertiary/aromatic N) is 3. The maximum atomic E-state index is 14.0. The van der Waals surface area contributed by atoms with E-state index in [0.29, 0.717) is 19.3 Å². The molecule has 12 nitrogen and oxygen atoms in total. The second kappa shape index (κ2) is 12.3. The van der Waals surface area contributed by atoms with Crippen LogP contribution in [-0.2, 0) is 33.3 Å². The van der Waals surface area contributed by atoms with Crippen molar-refractivity contribution in [2.24, 2.45) is 28.8 Å². The maximum Gasteiger partial charge on any atom is 0.431 e. The normalized spacial score (nSPS) is 46.0. The molecule has 4 aliphatic heterocycles. The number of fused-ring (bicyclic) bond motifs is 1. The highest BCUT2D eigenvalue weighted by Gasteiger charge is 2.63. The Hall–Kier alpha value is -2.12. The number of carbonyl (C=O) groups is 3. The molecule has 2 bridgehead atoms. The second-order valence-corrected chi connectivity index (χ2v) is 13.7. The quantitative estimate of drug-likeness (QED) is 0.366. The first-order chi connectivity index (χ1) is 20.0. The lowest BCUT2D eigenvalue weighted by atomic mass is 9.74. The van der Waals surface area contributed by atoms with E-state index in [1.165, 1.54) is 11.9 Å². The zero-order chi connectivity index (χ0) is 32.2. The molecule has 13 atom stereocenters. The van der Waals surface area contributed by atoms with Crippen LogP contribution in [0.4, 0.5) is 4.79 Å². The van der Waals surface area contributed by atoms with Crippen LogP contribution in [-0.4, -0.2) is 114 Å². The first kappa shape index (κ1) is 33.8. The standard InChI is InChI=1S/C31H51N3O9/c1-12-21-31(8)25-17(4)22(32-34(25)29(38)43-31)15(2)14-30(7,39-11)26(18(5)23(35)19(6)27(37)41-21)42-28-24(36)20(33(9)10)13-16(3)40-28/h15-21,24-26,28,36H,12-14H2,1-11H3/t15-,16+,17-,18+,19+,20-,21+,24+,25?,26+,28-,30+,31+/m0/s1. The Labute approximate surface area is 255 Å². The molecule has 0 aromatic rings. The van der Waals surface area contributed by atoms with Crippen molar-refractivity contribution in [3.05, 3.63) is 0 Å². The van der Waals surface area contributed by atoms with Gasteiger partial charge in [0.25, 0.3) is 0 Å². The SMILES string of the molecule is CC[C@H]1OC(=O)[C@H](C)C(=O)[C@@H](C)[C@@H](O[C@@H]2O[C@H](C)C[C@H](N(C)C)[C@H]2O)[C@](C)(OC)C[C@H](C)C2=NN3C(=O)O[C@@]1(C)C3[C@H]2C. The van der Waals surface area contributed by atoms with Gasteiger partial charge in [-0.15, -0.1) is 0 Å². The van der Waals surface area contributed by atoms with Crippen molar-refractivity contribution >= 4 is 23.6 Å². The third-order valence-corrected chi connectivity index (χ3v) is 10.3. The summed E-state index contributed by atoms with van der Waals surface area (Å²) in [5, 5.41) is 17.4. The van der Waals surface area contributed by atoms with E-state index in [1.807, 2.05) is 53.6 Å². The van der Waals surface area contributed by atoms with E-state index in [4.69, 9.17) is 28.8 Å². The number of methoxy groups -OCH3 is 1. The third kappa shape index (κ3) is 5.85. The van der Waals surface area contributed by atoms with Gasteiger partial charge in [-0.3, -0.25) is 9.59 Å². The third-order valence-electron chi connectivity index (χ3n) is 10.3. The fourth-order valence-corrected chi connectivity index (χ4v) is 7.77. The summed E-state index contributed by atoms with van der Waals surface area (Å²) in [5.41, 5.74) is -1.45. The minimum Gasteiger partial charge on any atom is -0.457 e. The summed E-state index contributed by atoms with van der Waals surface area (Å²) < 4.78 is 30.6. The Morgan fingerprint density at radius 1 is 1.09 bits per heavy atom. The smallest absolute Gasteiger partial charge is 0.431 e. The minimum absolute atomic E-state index is 0.190. The molecule has 1 amide bonds. The van der Waals surface area contributed by atoms with Gasteiger partial charge in [-0.2, -0.15) is 10.1 Å². The molecular weight excluding hydrogens is 558 g/mol. The van der Waals surface area contributed by atoms with E-state index < -0.39 is 65.7 Å². The van der Waals surface area contributed by atoms with Crippen LogP contribution in [0.1, 0.15) is 74.7 Å². The van der Waals surface area contributed by atoms with Crippen molar-refractivity contribution in [1.29, 1.82) is 0 Å². The molecular formula is C31H51N3O9. The summed E-state index contributed by atoms with van der Waals surface area (Å²) >= 11 is 0. The number of hydrogen-bond donors (Lipinski definition) is 1. The molecule has 0 spiro atoms. The molecule has 0 saturated carbocycles. The Balaban J connectivity index is 1.78. The van der Waals surface area contributed by atoms with Gasteiger partial charge < -0.3 is 33.7 Å². The number of amides is 1. The number of esters is 1. The molecule has 3 saturated heterocycles. The van der Waals surface area contributed by atoms with Crippen LogP contribution in [0.5, 0.6) is 0 Å². The van der Waals surface area contributed by atoms with E-state index in [2.05, 4.69) is 0 Å². The minimum atomic E-state index is -1.16. The second-order valence-electron chi connectivity index (χ2n) is 13.7. The van der Waals surface area contributed by atoms with E-state index in [-0.39, 0.29) is 29.8 Å². The van der Waals surface area contributed by atoms with Crippen LogP contribution in [0, 0.1) is 23.7 Å². The monoisotopic (exact) mass is 609 g/mol. The molecule has 3 fully saturated rings. The Morgan fingerprint density at radius 3 is 2.33 bits per heavy atom. The number of likely N-dealkylation sites (N-methyl/N-ethyl adjacent to an activating group) is 1. The number of ketones is 1. The van der Waals surface area contributed by atoms with Gasteiger partial charge >= 0.3 is 12.1 Å². The van der Waals surface area contributed by atoms with Gasteiger partial charge in [0.2, 0.25) is 0 Å². The summed E-state index contributed by atoms with van der Waals surface area (Å²) in [7, 11) is 5.34. The molecule has 0 radical (unpaired) electrons. The summed E-state index contributed by atoms with van der Waals surface area (Å²) in [6.07, 6.45) is -3.13. The fraction of sp³-hybridized carbons (Fsp3) is 0.871. The Bertz CT molecular complexity index is 1120. The number of ether oxygens (including phenoxy) is 5. The number of aliphatic hydroxyl groups excluding tert-OH is 1. The average molecular weight is 610 g/mol. The van der Waals surface area contributed by atoms with Gasteiger partial charge in [-0.25, -0.2) is 4.79 Å². The predicted molar refractivity (Wildman–Crippen MR) is 157 cm³/mol. The van der Waals surface area contributed by atoms with Gasteiger partial charge in [0.05, 0.1) is 17.8 Å². The topological polar surface area (TPSA) is 136 Å². The molecule has 244 valence electrons. The van der Waals surface area contributed by atoms with Gasteiger partial charge in [0.15, 0.2) is 17.7 Å². The summed E-state index contributed by atoms with van der Waals surface area (Å²) in [5.74, 6) is -3.45. The average Bonchev–Trinajstić information content (AvgIpc) is 3.44. The molecule has 4 rings (SSSR count). The van der Waals surface area contributed by atoms with E-state index in [1.54, 1.807) is 21.0 Å². The molecule has 0 aromatic heterocycles. The summed E-state index contributed by atoms with van der Waals surface area (Å²) in [6, 6.07) is -0.707. The van der Waals surface area contributed by atoms with E-state index in [0.717, 1.165) is 5.71 Å². The van der Waals surface area contributed by atoms with Gasteiger partial charge in [-0.05, 0) is 67.0 Å². The highest BCUT2D eigenvalue weighted by Crippen LogP contribution is 2.46. The number of aliphatic hydroxyl groups is 1. The maximum absolute atomic E-state index is 14.0. The van der Waals surface area contributed by atoms with Gasteiger partial charge in [-0.1, -0.05) is 27.7 Å². The van der Waals surface area contributed by atoms with Crippen LogP contribution < -0.4 is 0 Å². The predicted octanol–water partition coefficient (Wildman–Crippen LogP) is 2.99. The molecule has 12 heteroatoms. The molecule has 1 unspecified atom stereocenters. The number of carbonyl (C=O) groups excluding carboxylic acids is 3. The van der Waals surface area contributed by atoms with Crippen LogP contribution in [0.25, 0.3) is 0 Å². The van der Waals surface area contributed by atoms with Crippen LogP contribution in [0.3, 0.4) is 0 Å². The van der Waals surface area contributed by atoms with E-state index >= 15 is 0 Å². The Morgan fingerprint density at radius 2 is 1.74 bits per heavy atom. The lowest BCUT2D eigenvalue weighted by molar-refractivity contribution is -0.295. The van der Waals surface area contributed by atoms with Gasteiger partial charge in [0.1, 0.15) is 24.2 Å². The van der Waals surface area contributed by atoms with Crippen molar-refractivity contribution in [2.75, 3.05) is 21.2 Å². The van der Waals surface area contributed by atoms with Crippen LogP contribution in [0.15, 0.2) is 5.10 Å². The van der Waals surface area contributed by atoms with E-state index in [9.17, 15) is 19.5 Å². The molecule has 43 heavy (non-hydrogen) atoms. The summed E-state index contributed by atoms with van der Waals surface area (Å²) in [4.78, 5) is 42.5. The van der Waals surface area contributed by atoms with Gasteiger partial charge in [0, 0.05) is 30.7 Å². The number of cyclic esters (lactones) is 1. The highest BCUT2D eigenvalue weighted by atomic mass is 16.7. The first-order valence-corrected chi connectivity index (χ1v) is 15.6. The number of Topliss-reactive ketones (excluding diaryl/α,β-unsaturated/α-hetero) is 1. The van der Waals surface area contributed by atoms with Crippen LogP contribution >= 0.6 is 0 Å². The van der Waals surface area contributed by atoms with Crippen molar-refractivity contribution in [3.8, 4) is 0 Å². The van der Waals surface area contributed by atoms with Crippen molar-refractivity contribution in [3.63, 3.8) is 0 Å². The molecule has 0 aromatic carbocycles. The summed E-state index contributed by atoms with van der Waals surface area (Å²) in [6.45, 7) is 14.7. The molecule has 4 heterocycles. The zero-order valence-electron chi connectivity index (χ0n) is 27.5. The lowest BCUT2D eigenvalue weighted by Crippen LogP contribution is -2.59. The van der Waals surface area contributed by atoms with Crippen molar-refractivity contribution < 1.29 is 43.2 Å². The number of rotatable bonds is 5. The molecule has 1 N–H and O–H groups in total. The first-order valence-electron chi connectivity index (χ1n) is 15.6. The highest BCUT2D eigenvalue weighted by molar-refractivity contribution is 6.00. The zero-order valence-corrected chi connectivity index (χ0v) is 27.5. The Kier molecular flexibility index (Phi) is 9.69. The molecule has 0 aliphatic carbocycles. The largest absolute Gasteiger partial charge is 0.457 e. The van der Waals surface area contributed by atoms with Crippen molar-refractivity contribution in [2.45, 2.75) is 129 Å².